The Bertz CT molecular complexity index is 643. The zero-order chi connectivity index (χ0) is 14.1. The molecule has 0 aliphatic carbocycles. The quantitative estimate of drug-likeness (QED) is 0.867. The van der Waals surface area contributed by atoms with E-state index in [0.717, 1.165) is 0 Å². The molecule has 1 aliphatic rings. The lowest BCUT2D eigenvalue weighted by Crippen LogP contribution is -2.44. The summed E-state index contributed by atoms with van der Waals surface area (Å²) < 4.78 is 10.3. The molecule has 2 aromatic heterocycles. The molecule has 6 heteroatoms. The first-order chi connectivity index (χ1) is 9.66. The van der Waals surface area contributed by atoms with Crippen molar-refractivity contribution in [1.82, 2.24) is 10.4 Å². The summed E-state index contributed by atoms with van der Waals surface area (Å²) >= 11 is 0. The van der Waals surface area contributed by atoms with E-state index in [1.54, 1.807) is 18.2 Å². The lowest BCUT2D eigenvalue weighted by atomic mass is 10.1. The molecule has 0 radical (unpaired) electrons. The van der Waals surface area contributed by atoms with Crippen molar-refractivity contribution in [2.75, 3.05) is 0 Å². The third kappa shape index (κ3) is 2.01. The maximum Gasteiger partial charge on any atom is 0.305 e. The number of rotatable bonds is 3. The maximum atomic E-state index is 12.1. The molecule has 1 N–H and O–H groups in total. The van der Waals surface area contributed by atoms with Crippen LogP contribution in [-0.4, -0.2) is 16.8 Å². The summed E-state index contributed by atoms with van der Waals surface area (Å²) in [5.41, 5.74) is 2.95. The zero-order valence-electron chi connectivity index (χ0n) is 10.5. The van der Waals surface area contributed by atoms with E-state index in [2.05, 4.69) is 12.0 Å². The first-order valence-electron chi connectivity index (χ1n) is 6.06. The van der Waals surface area contributed by atoms with E-state index in [1.807, 2.05) is 0 Å². The van der Waals surface area contributed by atoms with Crippen LogP contribution in [0.1, 0.15) is 28.8 Å². The second-order valence-corrected chi connectivity index (χ2v) is 4.43. The van der Waals surface area contributed by atoms with Crippen LogP contribution in [-0.2, 0) is 4.79 Å². The molecule has 1 aliphatic heterocycles. The van der Waals surface area contributed by atoms with Crippen molar-refractivity contribution in [2.24, 2.45) is 0 Å². The summed E-state index contributed by atoms with van der Waals surface area (Å²) in [6, 6.07) is 6.22. The van der Waals surface area contributed by atoms with Crippen LogP contribution in [0.25, 0.3) is 0 Å². The van der Waals surface area contributed by atoms with Gasteiger partial charge in [-0.2, -0.15) is 0 Å². The Kier molecular flexibility index (Phi) is 2.90. The minimum atomic E-state index is -0.491. The Labute approximate surface area is 114 Å². The van der Waals surface area contributed by atoms with Crippen molar-refractivity contribution in [3.05, 3.63) is 60.5 Å². The normalized spacial score (nSPS) is 18.6. The highest BCUT2D eigenvalue weighted by Gasteiger charge is 2.38. The maximum absolute atomic E-state index is 12.1. The molecule has 20 heavy (non-hydrogen) atoms. The molecule has 1 fully saturated rings. The fourth-order valence-corrected chi connectivity index (χ4v) is 2.13. The van der Waals surface area contributed by atoms with Gasteiger partial charge in [0.1, 0.15) is 11.8 Å². The molecule has 1 atom stereocenters. The van der Waals surface area contributed by atoms with Crippen molar-refractivity contribution >= 4 is 11.8 Å². The molecule has 0 saturated carbocycles. The van der Waals surface area contributed by atoms with Gasteiger partial charge in [0.2, 0.25) is 0 Å². The van der Waals surface area contributed by atoms with Crippen LogP contribution >= 0.6 is 0 Å². The molecule has 3 rings (SSSR count). The second-order valence-electron chi connectivity index (χ2n) is 4.43. The number of amides is 2. The molecule has 2 aromatic rings. The van der Waals surface area contributed by atoms with Crippen LogP contribution in [0, 0.1) is 0 Å². The van der Waals surface area contributed by atoms with Gasteiger partial charge in [-0.3, -0.25) is 15.0 Å². The van der Waals surface area contributed by atoms with Gasteiger partial charge in [0.05, 0.1) is 12.5 Å². The van der Waals surface area contributed by atoms with Gasteiger partial charge < -0.3 is 8.83 Å². The van der Waals surface area contributed by atoms with Gasteiger partial charge in [-0.15, -0.1) is 0 Å². The molecule has 6 nitrogen and oxygen atoms in total. The lowest BCUT2D eigenvalue weighted by Gasteiger charge is -2.22. The van der Waals surface area contributed by atoms with Gasteiger partial charge in [-0.05, 0) is 24.3 Å². The van der Waals surface area contributed by atoms with E-state index in [0.29, 0.717) is 17.8 Å². The molecule has 1 saturated heterocycles. The Morgan fingerprint density at radius 1 is 1.30 bits per heavy atom. The molecular weight excluding hydrogens is 260 g/mol. The number of nitrogens with zero attached hydrogens (tertiary/aromatic N) is 1. The van der Waals surface area contributed by atoms with Crippen molar-refractivity contribution in [3.63, 3.8) is 0 Å². The van der Waals surface area contributed by atoms with E-state index < -0.39 is 5.91 Å². The van der Waals surface area contributed by atoms with Crippen LogP contribution in [0.3, 0.4) is 0 Å². The van der Waals surface area contributed by atoms with E-state index in [4.69, 9.17) is 8.83 Å². The lowest BCUT2D eigenvalue weighted by molar-refractivity contribution is -0.129. The first-order valence-corrected chi connectivity index (χ1v) is 6.06. The standard InChI is InChI=1S/C14H12N2O4/c1-9-8-10(11-4-2-6-19-11)16(14(9)18)15-13(17)12-5-3-7-20-12/h2-7,10H,1,8H2,(H,15,17). The SMILES string of the molecule is C=C1CC(c2ccco2)N(NC(=O)c2ccco2)C1=O. The van der Waals surface area contributed by atoms with E-state index in [1.165, 1.54) is 23.6 Å². The second kappa shape index (κ2) is 4.73. The van der Waals surface area contributed by atoms with Gasteiger partial charge >= 0.3 is 5.91 Å². The number of hydrogen-bond acceptors (Lipinski definition) is 4. The number of hydrogen-bond donors (Lipinski definition) is 1. The average Bonchev–Trinajstić information content (AvgIpc) is 3.15. The summed E-state index contributed by atoms with van der Waals surface area (Å²) in [4.78, 5) is 24.0. The smallest absolute Gasteiger partial charge is 0.305 e. The summed E-state index contributed by atoms with van der Waals surface area (Å²) in [6.45, 7) is 3.71. The first kappa shape index (κ1) is 12.3. The van der Waals surface area contributed by atoms with Gasteiger partial charge in [0.25, 0.3) is 5.91 Å². The fraction of sp³-hybridized carbons (Fsp3) is 0.143. The van der Waals surface area contributed by atoms with Gasteiger partial charge in [0, 0.05) is 12.0 Å². The highest BCUT2D eigenvalue weighted by Crippen LogP contribution is 2.34. The van der Waals surface area contributed by atoms with Crippen molar-refractivity contribution in [1.29, 1.82) is 0 Å². The predicted molar refractivity (Wildman–Crippen MR) is 68.2 cm³/mol. The molecular formula is C14H12N2O4. The molecule has 3 heterocycles. The molecule has 1 unspecified atom stereocenters. The van der Waals surface area contributed by atoms with E-state index in [-0.39, 0.29) is 17.7 Å². The van der Waals surface area contributed by atoms with Crippen LogP contribution < -0.4 is 5.43 Å². The Morgan fingerprint density at radius 3 is 2.70 bits per heavy atom. The summed E-state index contributed by atoms with van der Waals surface area (Å²) in [6.07, 6.45) is 3.32. The monoisotopic (exact) mass is 272 g/mol. The van der Waals surface area contributed by atoms with Crippen molar-refractivity contribution < 1.29 is 18.4 Å². The zero-order valence-corrected chi connectivity index (χ0v) is 10.5. The van der Waals surface area contributed by atoms with Gasteiger partial charge in [0.15, 0.2) is 5.76 Å². The number of nitrogens with one attached hydrogen (secondary N) is 1. The summed E-state index contributed by atoms with van der Waals surface area (Å²) in [5, 5.41) is 1.23. The predicted octanol–water partition coefficient (Wildman–Crippen LogP) is 2.05. The summed E-state index contributed by atoms with van der Waals surface area (Å²) in [5.74, 6) is -0.0915. The summed E-state index contributed by atoms with van der Waals surface area (Å²) in [7, 11) is 0. The molecule has 0 aromatic carbocycles. The number of furan rings is 2. The number of hydrazine groups is 1. The molecule has 0 bridgehead atoms. The topological polar surface area (TPSA) is 75.7 Å². The molecule has 0 spiro atoms. The van der Waals surface area contributed by atoms with Crippen molar-refractivity contribution in [3.8, 4) is 0 Å². The number of carbonyl (C=O) groups excluding carboxylic acids is 2. The van der Waals surface area contributed by atoms with Crippen LogP contribution in [0.5, 0.6) is 0 Å². The largest absolute Gasteiger partial charge is 0.467 e. The van der Waals surface area contributed by atoms with Crippen LogP contribution in [0.15, 0.2) is 57.8 Å². The van der Waals surface area contributed by atoms with Crippen LogP contribution in [0.4, 0.5) is 0 Å². The third-order valence-electron chi connectivity index (χ3n) is 3.11. The van der Waals surface area contributed by atoms with E-state index in [9.17, 15) is 9.59 Å². The highest BCUT2D eigenvalue weighted by atomic mass is 16.3. The minimum Gasteiger partial charge on any atom is -0.467 e. The fourth-order valence-electron chi connectivity index (χ4n) is 2.13. The van der Waals surface area contributed by atoms with E-state index >= 15 is 0 Å². The Balaban J connectivity index is 1.83. The Hall–Kier alpha value is -2.76. The number of carbonyl (C=O) groups is 2. The molecule has 2 amide bonds. The minimum absolute atomic E-state index is 0.133. The Morgan fingerprint density at radius 2 is 2.05 bits per heavy atom. The average molecular weight is 272 g/mol. The van der Waals surface area contributed by atoms with Gasteiger partial charge in [-0.25, -0.2) is 5.01 Å². The third-order valence-corrected chi connectivity index (χ3v) is 3.11. The van der Waals surface area contributed by atoms with Crippen LogP contribution in [0.2, 0.25) is 0 Å². The van der Waals surface area contributed by atoms with Gasteiger partial charge in [-0.1, -0.05) is 6.58 Å². The molecule has 102 valence electrons. The highest BCUT2D eigenvalue weighted by molar-refractivity contribution is 5.99. The van der Waals surface area contributed by atoms with Crippen molar-refractivity contribution in [2.45, 2.75) is 12.5 Å².